The predicted octanol–water partition coefficient (Wildman–Crippen LogP) is 17.6. The molecule has 1 heterocycles. The van der Waals surface area contributed by atoms with E-state index in [4.69, 9.17) is 99.2 Å². The summed E-state index contributed by atoms with van der Waals surface area (Å²) in [5, 5.41) is 5.98. The Hall–Kier alpha value is -2.43. The Morgan fingerprint density at radius 3 is 1.29 bits per heavy atom. The monoisotopic (exact) mass is 1170 g/mol. The number of terminal acetylenes is 1. The van der Waals surface area contributed by atoms with Gasteiger partial charge in [0.15, 0.2) is 0 Å². The van der Waals surface area contributed by atoms with Gasteiger partial charge in [0, 0.05) is 20.3 Å². The second-order valence-electron chi connectivity index (χ2n) is 12.6. The lowest BCUT2D eigenvalue weighted by molar-refractivity contribution is -0.138. The molecule has 0 saturated carbocycles. The third kappa shape index (κ3) is 15.6. The average molecular weight is 1170 g/mol. The van der Waals surface area contributed by atoms with Gasteiger partial charge in [0.2, 0.25) is 0 Å². The third-order valence-corrected chi connectivity index (χ3v) is 11.8. The van der Waals surface area contributed by atoms with Crippen molar-refractivity contribution < 1.29 is 52.7 Å². The highest BCUT2D eigenvalue weighted by Crippen LogP contribution is 2.45. The molecule has 0 atom stereocenters. The molecule has 0 aliphatic rings. The summed E-state index contributed by atoms with van der Waals surface area (Å²) in [5.74, 6) is 4.76. The summed E-state index contributed by atoms with van der Waals surface area (Å²) in [6, 6.07) is 10.0. The molecule has 0 saturated heterocycles. The molecular weight excluding hydrogens is 1150 g/mol. The minimum absolute atomic E-state index is 0.0246. The van der Waals surface area contributed by atoms with E-state index in [0.717, 1.165) is 12.1 Å². The molecule has 25 heteroatoms. The van der Waals surface area contributed by atoms with E-state index in [2.05, 4.69) is 26.9 Å². The second kappa shape index (κ2) is 22.2. The Morgan fingerprint density at radius 1 is 0.548 bits per heavy atom. The summed E-state index contributed by atoms with van der Waals surface area (Å²) in [6.07, 6.45) is -12.1. The van der Waals surface area contributed by atoms with Crippen molar-refractivity contribution in [3.05, 3.63) is 132 Å². The lowest BCUT2D eigenvalue weighted by Gasteiger charge is -2.12. The lowest BCUT2D eigenvalue weighted by Crippen LogP contribution is -2.16. The SMILES string of the molecule is C#Cc1ccc(Cl)c(C(F)(F)F)c1Cl.C[Si](C)(C)C#Cc1ccc(Cl)c(C(F)(F)F)c1Cl.FC(F)(F)c1c(Cl)ccc(-c2cn[nH]n2)c1Cl.FC(F)(F)c1c(Cl)ccc(I)c1Cl. The van der Waals surface area contributed by atoms with Gasteiger partial charge in [0.1, 0.15) is 13.8 Å². The molecule has 5 aromatic rings. The largest absolute Gasteiger partial charge is 0.419 e. The van der Waals surface area contributed by atoms with Crippen molar-refractivity contribution in [2.24, 2.45) is 0 Å². The smallest absolute Gasteiger partial charge is 0.197 e. The maximum Gasteiger partial charge on any atom is 0.419 e. The summed E-state index contributed by atoms with van der Waals surface area (Å²) in [5.41, 5.74) is -0.694. The van der Waals surface area contributed by atoms with Crippen molar-refractivity contribution >= 4 is 123 Å². The predicted molar refractivity (Wildman–Crippen MR) is 232 cm³/mol. The summed E-state index contributed by atoms with van der Waals surface area (Å²) in [7, 11) is -1.67. The summed E-state index contributed by atoms with van der Waals surface area (Å²) in [4.78, 5) is 0. The number of halogens is 21. The number of alkyl halides is 12. The quantitative estimate of drug-likeness (QED) is 0.0597. The highest BCUT2D eigenvalue weighted by Gasteiger charge is 2.39. The molecule has 0 radical (unpaired) electrons. The Balaban J connectivity index is 0.000000287. The summed E-state index contributed by atoms with van der Waals surface area (Å²) in [6.45, 7) is 5.98. The van der Waals surface area contributed by atoms with Crippen molar-refractivity contribution in [2.75, 3.05) is 0 Å². The molecule has 1 N–H and O–H groups in total. The Bertz CT molecular complexity index is 2490. The topological polar surface area (TPSA) is 41.6 Å². The van der Waals surface area contributed by atoms with Crippen LogP contribution in [0.3, 0.4) is 0 Å². The van der Waals surface area contributed by atoms with Crippen molar-refractivity contribution in [2.45, 2.75) is 44.3 Å². The zero-order valence-corrected chi connectivity index (χ0v) is 39.8. The van der Waals surface area contributed by atoms with E-state index >= 15 is 0 Å². The number of rotatable bonds is 1. The zero-order chi connectivity index (χ0) is 47.9. The number of aromatic nitrogens is 3. The van der Waals surface area contributed by atoms with Crippen LogP contribution in [0.4, 0.5) is 52.7 Å². The van der Waals surface area contributed by atoms with Gasteiger partial charge in [0.25, 0.3) is 0 Å². The van der Waals surface area contributed by atoms with Gasteiger partial charge in [-0.15, -0.1) is 12.0 Å². The van der Waals surface area contributed by atoms with Gasteiger partial charge in [-0.3, -0.25) is 0 Å². The van der Waals surface area contributed by atoms with Gasteiger partial charge in [-0.2, -0.15) is 68.1 Å². The first-order chi connectivity index (χ1) is 28.1. The average Bonchev–Trinajstić information content (AvgIpc) is 3.63. The molecule has 0 bridgehead atoms. The van der Waals surface area contributed by atoms with Crippen LogP contribution in [0.15, 0.2) is 54.7 Å². The van der Waals surface area contributed by atoms with Gasteiger partial charge >= 0.3 is 24.7 Å². The summed E-state index contributed by atoms with van der Waals surface area (Å²) < 4.78 is 151. The molecule has 0 amide bonds. The van der Waals surface area contributed by atoms with Crippen LogP contribution in [-0.4, -0.2) is 23.5 Å². The van der Waals surface area contributed by atoms with E-state index in [1.807, 2.05) is 25.6 Å². The van der Waals surface area contributed by atoms with Crippen molar-refractivity contribution in [1.29, 1.82) is 0 Å². The van der Waals surface area contributed by atoms with Crippen LogP contribution in [0.2, 0.25) is 59.8 Å². The van der Waals surface area contributed by atoms with Crippen LogP contribution in [0.5, 0.6) is 0 Å². The number of hydrogen-bond donors (Lipinski definition) is 1. The van der Waals surface area contributed by atoms with Gasteiger partial charge in [-0.25, -0.2) is 0 Å². The minimum Gasteiger partial charge on any atom is -0.197 e. The standard InChI is InChI=1S/C12H11Cl2F3Si.C9H4Cl2F3N3.C9H3Cl2F3.C7H2Cl2F3I/c1-18(2,3)7-6-8-4-5-9(13)10(11(8)14)12(15,16)17;10-5-2-1-4(6-3-15-17-16-6)8(11)7(5)9(12,13)14;1-2-5-3-4-6(10)7(8(5)11)9(12,13)14;8-3-1-2-4(13)6(9)5(3)7(10,11)12/h4-5H,1-3H3;1-3H,(H,15,16,17);1,3-4H;1-2H. The van der Waals surface area contributed by atoms with E-state index in [-0.39, 0.29) is 32.4 Å². The maximum absolute atomic E-state index is 12.8. The molecule has 62 heavy (non-hydrogen) atoms. The third-order valence-electron chi connectivity index (χ3n) is 6.87. The van der Waals surface area contributed by atoms with Gasteiger partial charge in [-0.05, 0) is 71.1 Å². The number of nitrogens with zero attached hydrogens (tertiary/aromatic N) is 2. The number of H-pyrrole nitrogens is 1. The van der Waals surface area contributed by atoms with E-state index in [1.54, 1.807) is 22.6 Å². The van der Waals surface area contributed by atoms with Crippen LogP contribution in [0.1, 0.15) is 33.4 Å². The number of nitrogens with one attached hydrogen (secondary N) is 1. The Morgan fingerprint density at radius 2 is 0.919 bits per heavy atom. The van der Waals surface area contributed by atoms with Crippen LogP contribution >= 0.6 is 115 Å². The fourth-order valence-corrected chi connectivity index (χ4v) is 7.71. The summed E-state index contributed by atoms with van der Waals surface area (Å²) >= 11 is 45.9. The molecular formula is C37H20Cl8F12IN3Si. The van der Waals surface area contributed by atoms with E-state index in [1.165, 1.54) is 42.6 Å². The molecule has 0 aliphatic carbocycles. The fourth-order valence-electron chi connectivity index (χ4n) is 4.22. The molecule has 334 valence electrons. The van der Waals surface area contributed by atoms with E-state index in [9.17, 15) is 52.7 Å². The first-order valence-electron chi connectivity index (χ1n) is 15.9. The lowest BCUT2D eigenvalue weighted by atomic mass is 10.1. The molecule has 0 aliphatic heterocycles. The number of hydrogen-bond acceptors (Lipinski definition) is 2. The first kappa shape index (κ1) is 55.7. The normalized spacial score (nSPS) is 11.7. The molecule has 0 fully saturated rings. The minimum atomic E-state index is -4.62. The van der Waals surface area contributed by atoms with Crippen LogP contribution in [0, 0.1) is 27.4 Å². The van der Waals surface area contributed by atoms with Gasteiger partial charge < -0.3 is 0 Å². The molecule has 4 aromatic carbocycles. The van der Waals surface area contributed by atoms with Crippen molar-refractivity contribution in [3.8, 4) is 35.1 Å². The Kier molecular flexibility index (Phi) is 19.9. The maximum atomic E-state index is 12.8. The van der Waals surface area contributed by atoms with Crippen molar-refractivity contribution in [3.63, 3.8) is 0 Å². The number of aromatic amines is 1. The van der Waals surface area contributed by atoms with Gasteiger partial charge in [-0.1, -0.05) is 124 Å². The van der Waals surface area contributed by atoms with E-state index < -0.39 is 85.2 Å². The molecule has 0 unspecified atom stereocenters. The molecule has 3 nitrogen and oxygen atoms in total. The molecule has 0 spiro atoms. The highest BCUT2D eigenvalue weighted by molar-refractivity contribution is 14.1. The number of benzene rings is 4. The van der Waals surface area contributed by atoms with Crippen LogP contribution < -0.4 is 0 Å². The highest BCUT2D eigenvalue weighted by atomic mass is 127. The molecule has 5 rings (SSSR count). The first-order valence-corrected chi connectivity index (χ1v) is 23.5. The Labute approximate surface area is 399 Å². The van der Waals surface area contributed by atoms with Crippen molar-refractivity contribution in [1.82, 2.24) is 15.4 Å². The zero-order valence-electron chi connectivity index (χ0n) is 30.6. The van der Waals surface area contributed by atoms with Gasteiger partial charge in [0.05, 0.1) is 68.6 Å². The molecule has 1 aromatic heterocycles. The fraction of sp³-hybridized carbons (Fsp3) is 0.189. The van der Waals surface area contributed by atoms with Crippen LogP contribution in [-0.2, 0) is 24.7 Å². The second-order valence-corrected chi connectivity index (χ2v) is 21.6. The van der Waals surface area contributed by atoms with Crippen LogP contribution in [0.25, 0.3) is 11.3 Å². The van der Waals surface area contributed by atoms with E-state index in [0.29, 0.717) is 3.57 Å².